The van der Waals surface area contributed by atoms with Crippen LogP contribution in [0.15, 0.2) is 21.4 Å². The van der Waals surface area contributed by atoms with Crippen molar-refractivity contribution >= 4 is 21.9 Å². The van der Waals surface area contributed by atoms with Crippen LogP contribution in [0.3, 0.4) is 0 Å². The Morgan fingerprint density at radius 3 is 2.52 bits per heavy atom. The fourth-order valence-electron chi connectivity index (χ4n) is 4.49. The fraction of sp³-hybridized carbons (Fsp3) is 0.565. The van der Waals surface area contributed by atoms with Crippen LogP contribution in [-0.2, 0) is 32.6 Å². The van der Waals surface area contributed by atoms with Gasteiger partial charge in [-0.25, -0.2) is 13.2 Å². The maximum Gasteiger partial charge on any atom is 0.341 e. The van der Waals surface area contributed by atoms with Crippen LogP contribution >= 0.6 is 0 Å². The topological polar surface area (TPSA) is 111 Å². The van der Waals surface area contributed by atoms with Crippen molar-refractivity contribution < 1.29 is 27.2 Å². The van der Waals surface area contributed by atoms with Gasteiger partial charge in [0.15, 0.2) is 0 Å². The highest BCUT2D eigenvalue weighted by Crippen LogP contribution is 2.32. The molecule has 2 aromatic rings. The number of amides is 1. The highest BCUT2D eigenvalue weighted by molar-refractivity contribution is 7.89. The van der Waals surface area contributed by atoms with Gasteiger partial charge >= 0.3 is 5.97 Å². The third-order valence-electron chi connectivity index (χ3n) is 6.11. The second-order valence-electron chi connectivity index (χ2n) is 8.27. The summed E-state index contributed by atoms with van der Waals surface area (Å²) in [4.78, 5) is 25.4. The zero-order valence-electron chi connectivity index (χ0n) is 19.9. The number of aryl methyl sites for hydroxylation is 1. The summed E-state index contributed by atoms with van der Waals surface area (Å²) in [5.41, 5.74) is 1.14. The van der Waals surface area contributed by atoms with Gasteiger partial charge < -0.3 is 19.0 Å². The van der Waals surface area contributed by atoms with Gasteiger partial charge in [0.1, 0.15) is 22.0 Å². The summed E-state index contributed by atoms with van der Waals surface area (Å²) in [7, 11) is -4.02. The molecule has 0 aliphatic carbocycles. The van der Waals surface area contributed by atoms with E-state index in [0.29, 0.717) is 43.1 Å². The molecule has 1 aliphatic heterocycles. The van der Waals surface area contributed by atoms with E-state index in [-0.39, 0.29) is 36.1 Å². The van der Waals surface area contributed by atoms with Crippen LogP contribution in [0.4, 0.5) is 0 Å². The van der Waals surface area contributed by atoms with Crippen LogP contribution in [0.1, 0.15) is 60.0 Å². The number of hydrogen-bond donors (Lipinski definition) is 1. The highest BCUT2D eigenvalue weighted by Gasteiger charge is 2.39. The molecule has 1 N–H and O–H groups in total. The van der Waals surface area contributed by atoms with Crippen molar-refractivity contribution in [2.24, 2.45) is 5.92 Å². The molecule has 33 heavy (non-hydrogen) atoms. The first kappa shape index (κ1) is 25.0. The second kappa shape index (κ2) is 10.1. The van der Waals surface area contributed by atoms with Gasteiger partial charge in [-0.1, -0.05) is 0 Å². The van der Waals surface area contributed by atoms with Gasteiger partial charge in [-0.05, 0) is 59.6 Å². The zero-order valence-corrected chi connectivity index (χ0v) is 20.8. The second-order valence-corrected chi connectivity index (χ2v) is 10.1. The Bertz CT molecular complexity index is 1130. The average molecular weight is 480 g/mol. The molecule has 0 aromatic carbocycles. The number of carbonyl (C=O) groups is 2. The van der Waals surface area contributed by atoms with Crippen molar-refractivity contribution in [1.29, 1.82) is 0 Å². The number of ether oxygens (including phenoxy) is 1. The summed E-state index contributed by atoms with van der Waals surface area (Å²) < 4.78 is 41.2. The summed E-state index contributed by atoms with van der Waals surface area (Å²) in [6.07, 6.45) is 1.15. The zero-order chi connectivity index (χ0) is 24.3. The number of aromatic nitrogens is 1. The van der Waals surface area contributed by atoms with Crippen LogP contribution in [0.2, 0.25) is 0 Å². The molecule has 1 saturated heterocycles. The Hall–Kier alpha value is -2.59. The Morgan fingerprint density at radius 2 is 1.91 bits per heavy atom. The number of nitrogens with zero attached hydrogens (tertiary/aromatic N) is 2. The van der Waals surface area contributed by atoms with E-state index in [1.54, 1.807) is 31.4 Å². The molecule has 3 rings (SSSR count). The highest BCUT2D eigenvalue weighted by atomic mass is 32.2. The van der Waals surface area contributed by atoms with Crippen molar-refractivity contribution in [3.05, 3.63) is 40.6 Å². The first-order valence-electron chi connectivity index (χ1n) is 11.3. The van der Waals surface area contributed by atoms with Crippen molar-refractivity contribution in [1.82, 2.24) is 14.2 Å². The number of esters is 1. The van der Waals surface area contributed by atoms with E-state index in [2.05, 4.69) is 5.32 Å². The monoisotopic (exact) mass is 479 g/mol. The molecule has 1 aliphatic rings. The van der Waals surface area contributed by atoms with Crippen LogP contribution in [0, 0.1) is 26.7 Å². The normalized spacial score (nSPS) is 17.2. The molecule has 1 fully saturated rings. The SMILES string of the molecule is CCOC(=O)c1c(S(=O)(=O)N2CCC[C@@H](C(=O)NCc3ccc(C)o3)C2)c(C)n(CC)c1C. The lowest BCUT2D eigenvalue weighted by Crippen LogP contribution is -2.45. The predicted molar refractivity (Wildman–Crippen MR) is 122 cm³/mol. The van der Waals surface area contributed by atoms with Gasteiger partial charge in [-0.3, -0.25) is 4.79 Å². The van der Waals surface area contributed by atoms with Crippen molar-refractivity contribution in [3.63, 3.8) is 0 Å². The van der Waals surface area contributed by atoms with Gasteiger partial charge in [-0.15, -0.1) is 0 Å². The molecule has 0 radical (unpaired) electrons. The quantitative estimate of drug-likeness (QED) is 0.583. The molecule has 10 heteroatoms. The molecule has 0 saturated carbocycles. The first-order valence-corrected chi connectivity index (χ1v) is 12.8. The number of furan rings is 1. The molecule has 182 valence electrons. The molecule has 0 bridgehead atoms. The number of piperidine rings is 1. The summed E-state index contributed by atoms with van der Waals surface area (Å²) in [6.45, 7) is 10.1. The average Bonchev–Trinajstić information content (AvgIpc) is 3.31. The summed E-state index contributed by atoms with van der Waals surface area (Å²) >= 11 is 0. The molecule has 9 nitrogen and oxygen atoms in total. The Kier molecular flexibility index (Phi) is 7.69. The molecular formula is C23H33N3O6S. The van der Waals surface area contributed by atoms with Gasteiger partial charge in [0, 0.05) is 31.0 Å². The van der Waals surface area contributed by atoms with Gasteiger partial charge in [0.05, 0.1) is 19.1 Å². The minimum Gasteiger partial charge on any atom is -0.465 e. The van der Waals surface area contributed by atoms with E-state index in [4.69, 9.17) is 9.15 Å². The Morgan fingerprint density at radius 1 is 1.18 bits per heavy atom. The molecular weight excluding hydrogens is 446 g/mol. The van der Waals surface area contributed by atoms with Crippen molar-refractivity contribution in [3.8, 4) is 0 Å². The molecule has 1 atom stereocenters. The van der Waals surface area contributed by atoms with E-state index in [1.807, 2.05) is 19.9 Å². The van der Waals surface area contributed by atoms with E-state index < -0.39 is 21.9 Å². The van der Waals surface area contributed by atoms with Gasteiger partial charge in [-0.2, -0.15) is 4.31 Å². The number of rotatable bonds is 8. The van der Waals surface area contributed by atoms with Gasteiger partial charge in [0.2, 0.25) is 15.9 Å². The largest absolute Gasteiger partial charge is 0.465 e. The maximum absolute atomic E-state index is 13.7. The fourth-order valence-corrected chi connectivity index (χ4v) is 6.47. The van der Waals surface area contributed by atoms with Gasteiger partial charge in [0.25, 0.3) is 0 Å². The van der Waals surface area contributed by atoms with E-state index in [0.717, 1.165) is 5.76 Å². The number of nitrogens with one attached hydrogen (secondary N) is 1. The molecule has 1 amide bonds. The summed E-state index contributed by atoms with van der Waals surface area (Å²) in [5, 5.41) is 2.84. The predicted octanol–water partition coefficient (Wildman–Crippen LogP) is 2.92. The molecule has 0 unspecified atom stereocenters. The van der Waals surface area contributed by atoms with Crippen molar-refractivity contribution in [2.45, 2.75) is 65.4 Å². The molecule has 0 spiro atoms. The van der Waals surface area contributed by atoms with E-state index >= 15 is 0 Å². The minimum absolute atomic E-state index is 0.0209. The van der Waals surface area contributed by atoms with Crippen LogP contribution in [0.25, 0.3) is 0 Å². The lowest BCUT2D eigenvalue weighted by Gasteiger charge is -2.31. The van der Waals surface area contributed by atoms with Crippen LogP contribution in [-0.4, -0.2) is 48.9 Å². The summed E-state index contributed by atoms with van der Waals surface area (Å²) in [6, 6.07) is 3.62. The van der Waals surface area contributed by atoms with E-state index in [1.165, 1.54) is 4.31 Å². The smallest absolute Gasteiger partial charge is 0.341 e. The number of hydrogen-bond acceptors (Lipinski definition) is 6. The van der Waals surface area contributed by atoms with Crippen LogP contribution < -0.4 is 5.32 Å². The van der Waals surface area contributed by atoms with Crippen LogP contribution in [0.5, 0.6) is 0 Å². The summed E-state index contributed by atoms with van der Waals surface area (Å²) in [5.74, 6) is 0.0614. The van der Waals surface area contributed by atoms with E-state index in [9.17, 15) is 18.0 Å². The number of carbonyl (C=O) groups excluding carboxylic acids is 2. The third-order valence-corrected chi connectivity index (χ3v) is 8.14. The van der Waals surface area contributed by atoms with Crippen molar-refractivity contribution in [2.75, 3.05) is 19.7 Å². The standard InChI is InChI=1S/C23H33N3O6S/c1-6-26-16(4)20(23(28)31-7-2)21(17(26)5)33(29,30)25-12-8-9-18(14-25)22(27)24-13-19-11-10-15(3)32-19/h10-11,18H,6-9,12-14H2,1-5H3,(H,24,27)/t18-/m1/s1. The Labute approximate surface area is 195 Å². The lowest BCUT2D eigenvalue weighted by molar-refractivity contribution is -0.126. The number of sulfonamides is 1. The molecule has 3 heterocycles. The first-order chi connectivity index (χ1) is 15.6. The maximum atomic E-state index is 13.7. The Balaban J connectivity index is 1.85. The molecule has 2 aromatic heterocycles. The third kappa shape index (κ3) is 5.01. The minimum atomic E-state index is -4.02. The lowest BCUT2D eigenvalue weighted by atomic mass is 9.99.